The molecule has 1 aliphatic carbocycles. The van der Waals surface area contributed by atoms with Crippen LogP contribution in [0.4, 0.5) is 4.39 Å². The second kappa shape index (κ2) is 5.74. The van der Waals surface area contributed by atoms with Gasteiger partial charge in [0, 0.05) is 12.3 Å². The zero-order valence-corrected chi connectivity index (χ0v) is 15.6. The maximum absolute atomic E-state index is 13.4. The Balaban J connectivity index is 1.57. The number of fused-ring (bicyclic) bond motifs is 2. The first-order valence-corrected chi connectivity index (χ1v) is 9.88. The zero-order valence-electron chi connectivity index (χ0n) is 15.6. The molecule has 0 aromatic heterocycles. The fourth-order valence-electron chi connectivity index (χ4n) is 5.94. The summed E-state index contributed by atoms with van der Waals surface area (Å²) in [6, 6.07) is 6.65. The summed E-state index contributed by atoms with van der Waals surface area (Å²) < 4.78 is 26.3. The van der Waals surface area contributed by atoms with E-state index in [0.29, 0.717) is 17.8 Å². The number of halogens is 1. The summed E-state index contributed by atoms with van der Waals surface area (Å²) in [4.78, 5) is 12.0. The molecular formula is C21H27FO4. The van der Waals surface area contributed by atoms with Crippen molar-refractivity contribution >= 4 is 0 Å². The molecule has 1 aromatic carbocycles. The Bertz CT molecular complexity index is 694. The topological polar surface area (TPSA) is 36.9 Å². The van der Waals surface area contributed by atoms with E-state index in [1.807, 2.05) is 19.1 Å². The van der Waals surface area contributed by atoms with Crippen LogP contribution in [0.5, 0.6) is 0 Å². The van der Waals surface area contributed by atoms with Gasteiger partial charge in [0.05, 0.1) is 6.10 Å². The van der Waals surface area contributed by atoms with E-state index >= 15 is 0 Å². The van der Waals surface area contributed by atoms with E-state index in [2.05, 4.69) is 13.8 Å². The molecule has 1 aromatic rings. The van der Waals surface area contributed by atoms with Crippen molar-refractivity contribution in [3.05, 3.63) is 35.6 Å². The second-order valence-corrected chi connectivity index (χ2v) is 8.88. The Kier molecular flexibility index (Phi) is 3.78. The van der Waals surface area contributed by atoms with Crippen molar-refractivity contribution in [1.82, 2.24) is 0 Å². The molecule has 5 heteroatoms. The van der Waals surface area contributed by atoms with Crippen LogP contribution in [0.3, 0.4) is 0 Å². The minimum Gasteiger partial charge on any atom is -0.341 e. The van der Waals surface area contributed by atoms with E-state index in [0.717, 1.165) is 24.8 Å². The van der Waals surface area contributed by atoms with Crippen LogP contribution in [0.25, 0.3) is 0 Å². The third-order valence-electron chi connectivity index (χ3n) is 7.36. The second-order valence-electron chi connectivity index (χ2n) is 8.88. The third kappa shape index (κ3) is 2.27. The van der Waals surface area contributed by atoms with Crippen molar-refractivity contribution in [3.63, 3.8) is 0 Å². The van der Waals surface area contributed by atoms with Crippen LogP contribution in [-0.2, 0) is 19.2 Å². The molecule has 4 aliphatic heterocycles. The Labute approximate surface area is 153 Å². The lowest BCUT2D eigenvalue weighted by molar-refractivity contribution is -0.571. The van der Waals surface area contributed by atoms with Crippen molar-refractivity contribution in [1.29, 1.82) is 0 Å². The molecule has 2 bridgehead atoms. The summed E-state index contributed by atoms with van der Waals surface area (Å²) in [6.45, 7) is 6.47. The van der Waals surface area contributed by atoms with Gasteiger partial charge in [-0.2, -0.15) is 0 Å². The van der Waals surface area contributed by atoms with Gasteiger partial charge in [0.1, 0.15) is 5.82 Å². The Morgan fingerprint density at radius 2 is 1.77 bits per heavy atom. The molecule has 0 N–H and O–H groups in total. The average Bonchev–Trinajstić information content (AvgIpc) is 2.85. The van der Waals surface area contributed by atoms with Crippen LogP contribution in [0.15, 0.2) is 24.3 Å². The van der Waals surface area contributed by atoms with Crippen LogP contribution >= 0.6 is 0 Å². The highest BCUT2D eigenvalue weighted by molar-refractivity contribution is 5.22. The van der Waals surface area contributed by atoms with Gasteiger partial charge in [0.25, 0.3) is 0 Å². The van der Waals surface area contributed by atoms with Gasteiger partial charge in [-0.15, -0.1) is 0 Å². The van der Waals surface area contributed by atoms with Gasteiger partial charge in [-0.3, -0.25) is 0 Å². The van der Waals surface area contributed by atoms with Crippen LogP contribution in [0.1, 0.15) is 58.1 Å². The van der Waals surface area contributed by atoms with Crippen LogP contribution in [0, 0.1) is 29.5 Å². The van der Waals surface area contributed by atoms with Gasteiger partial charge in [-0.1, -0.05) is 26.0 Å². The summed E-state index contributed by atoms with van der Waals surface area (Å²) >= 11 is 0. The molecule has 1 spiro atoms. The highest BCUT2D eigenvalue weighted by atomic mass is 19.1. The van der Waals surface area contributed by atoms with E-state index in [-0.39, 0.29) is 17.8 Å². The number of ether oxygens (including phenoxy) is 2. The van der Waals surface area contributed by atoms with Gasteiger partial charge in [-0.25, -0.2) is 14.2 Å². The molecule has 5 fully saturated rings. The molecule has 5 aliphatic rings. The summed E-state index contributed by atoms with van der Waals surface area (Å²) in [5.41, 5.74) is 0.461. The molecule has 4 saturated heterocycles. The van der Waals surface area contributed by atoms with Gasteiger partial charge < -0.3 is 9.47 Å². The lowest BCUT2D eigenvalue weighted by atomic mass is 9.57. The molecular weight excluding hydrogens is 335 g/mol. The molecule has 3 unspecified atom stereocenters. The molecule has 6 rings (SSSR count). The Morgan fingerprint density at radius 1 is 1.00 bits per heavy atom. The minimum absolute atomic E-state index is 0.128. The Hall–Kier alpha value is -1.01. The molecule has 142 valence electrons. The molecule has 0 amide bonds. The quantitative estimate of drug-likeness (QED) is 0.676. The fraction of sp³-hybridized carbons (Fsp3) is 0.714. The predicted molar refractivity (Wildman–Crippen MR) is 92.2 cm³/mol. The van der Waals surface area contributed by atoms with Crippen LogP contribution in [0.2, 0.25) is 0 Å². The van der Waals surface area contributed by atoms with Crippen molar-refractivity contribution in [2.75, 3.05) is 0 Å². The first-order chi connectivity index (χ1) is 12.4. The summed E-state index contributed by atoms with van der Waals surface area (Å²) in [5.74, 6) is 0.466. The largest absolute Gasteiger partial charge is 0.341 e. The van der Waals surface area contributed by atoms with Crippen LogP contribution in [-0.4, -0.2) is 17.7 Å². The molecule has 26 heavy (non-hydrogen) atoms. The first-order valence-electron chi connectivity index (χ1n) is 9.88. The first kappa shape index (κ1) is 17.1. The van der Waals surface area contributed by atoms with E-state index in [4.69, 9.17) is 19.2 Å². The molecule has 0 radical (unpaired) electrons. The number of hydrogen-bond donors (Lipinski definition) is 0. The summed E-state index contributed by atoms with van der Waals surface area (Å²) in [5, 5.41) is 0. The average molecular weight is 362 g/mol. The highest BCUT2D eigenvalue weighted by Crippen LogP contribution is 2.62. The maximum Gasteiger partial charge on any atom is 0.201 e. The summed E-state index contributed by atoms with van der Waals surface area (Å²) in [7, 11) is 0. The standard InChI is InChI=1S/C21H27FO4/c1-12-4-9-17-13(2)18(14-5-7-15(22)8-6-14)23-19-21(17)16(12)10-11-20(3,24-19)25-26-21/h5-8,12-13,16-19H,4,9-11H2,1-3H3/t12?,13-,16+,17+,18+,19?,20+,21?/m1/s1. The predicted octanol–water partition coefficient (Wildman–Crippen LogP) is 4.75. The minimum atomic E-state index is -0.758. The lowest BCUT2D eigenvalue weighted by Gasteiger charge is -2.60. The normalized spacial score (nSPS) is 50.2. The van der Waals surface area contributed by atoms with Crippen molar-refractivity contribution in [2.45, 2.75) is 70.2 Å². The smallest absolute Gasteiger partial charge is 0.201 e. The van der Waals surface area contributed by atoms with Crippen LogP contribution < -0.4 is 0 Å². The van der Waals surface area contributed by atoms with Gasteiger partial charge >= 0.3 is 0 Å². The number of rotatable bonds is 1. The maximum atomic E-state index is 13.4. The van der Waals surface area contributed by atoms with Gasteiger partial charge in [-0.05, 0) is 61.6 Å². The monoisotopic (exact) mass is 362 g/mol. The number of hydrogen-bond acceptors (Lipinski definition) is 4. The summed E-state index contributed by atoms with van der Waals surface area (Å²) in [6.07, 6.45) is 3.52. The van der Waals surface area contributed by atoms with E-state index in [1.165, 1.54) is 18.6 Å². The van der Waals surface area contributed by atoms with Crippen molar-refractivity contribution in [2.24, 2.45) is 23.7 Å². The van der Waals surface area contributed by atoms with Gasteiger partial charge in [0.2, 0.25) is 5.79 Å². The highest BCUT2D eigenvalue weighted by Gasteiger charge is 2.69. The van der Waals surface area contributed by atoms with Crippen molar-refractivity contribution < 1.29 is 23.6 Å². The lowest BCUT2D eigenvalue weighted by Crippen LogP contribution is -2.69. The number of benzene rings is 1. The molecule has 4 heterocycles. The Morgan fingerprint density at radius 3 is 2.54 bits per heavy atom. The molecule has 8 atom stereocenters. The molecule has 1 saturated carbocycles. The van der Waals surface area contributed by atoms with Crippen molar-refractivity contribution in [3.8, 4) is 0 Å². The van der Waals surface area contributed by atoms with Gasteiger partial charge in [0.15, 0.2) is 11.9 Å². The van der Waals surface area contributed by atoms with E-state index < -0.39 is 17.7 Å². The van der Waals surface area contributed by atoms with E-state index in [1.54, 1.807) is 0 Å². The SMILES string of the molecule is CC1CC[C@H]2[C@@H](C)[C@@H](c3ccc(F)cc3)OC3O[C@]4(C)CC[C@@H]1C32OO4. The molecule has 4 nitrogen and oxygen atoms in total. The third-order valence-corrected chi connectivity index (χ3v) is 7.36. The van der Waals surface area contributed by atoms with E-state index in [9.17, 15) is 4.39 Å². The fourth-order valence-corrected chi connectivity index (χ4v) is 5.94. The zero-order chi connectivity index (χ0) is 18.1.